The first-order chi connectivity index (χ1) is 14.9. The molecular weight excluding hydrogens is 684 g/mol. The molecule has 9 heteroatoms. The van der Waals surface area contributed by atoms with Crippen LogP contribution < -0.4 is 9.47 Å². The molecule has 3 aromatic rings. The van der Waals surface area contributed by atoms with Crippen LogP contribution in [0.1, 0.15) is 23.6 Å². The van der Waals surface area contributed by atoms with Gasteiger partial charge in [-0.25, -0.2) is 0 Å². The van der Waals surface area contributed by atoms with E-state index in [0.29, 0.717) is 23.1 Å². The molecule has 0 aliphatic rings. The molecule has 0 N–H and O–H groups in total. The molecular formula is C25H22F6O2U. The zero-order chi connectivity index (χ0) is 23.7. The van der Waals surface area contributed by atoms with E-state index in [0.717, 1.165) is 11.6 Å². The first-order valence-corrected chi connectivity index (χ1v) is 9.64. The Bertz CT molecular complexity index is 1120. The van der Waals surface area contributed by atoms with Crippen molar-refractivity contribution in [1.82, 2.24) is 0 Å². The van der Waals surface area contributed by atoms with E-state index in [1.54, 1.807) is 39.0 Å². The number of alkyl halides is 6. The summed E-state index contributed by atoms with van der Waals surface area (Å²) in [6, 6.07) is 14.5. The van der Waals surface area contributed by atoms with E-state index in [9.17, 15) is 26.3 Å². The van der Waals surface area contributed by atoms with Crippen molar-refractivity contribution in [3.63, 3.8) is 0 Å². The normalized spacial score (nSPS) is 11.3. The van der Waals surface area contributed by atoms with Crippen molar-refractivity contribution in [2.75, 3.05) is 0 Å². The van der Waals surface area contributed by atoms with Crippen LogP contribution in [0, 0.1) is 58.5 Å². The predicted octanol–water partition coefficient (Wildman–Crippen LogP) is 8.25. The van der Waals surface area contributed by atoms with Crippen molar-refractivity contribution < 1.29 is 66.9 Å². The maximum atomic E-state index is 13.4. The van der Waals surface area contributed by atoms with Crippen LogP contribution in [0.3, 0.4) is 0 Å². The molecule has 0 aromatic heterocycles. The molecule has 0 amide bonds. The quantitative estimate of drug-likeness (QED) is 0.197. The van der Waals surface area contributed by atoms with E-state index in [2.05, 4.69) is 15.5 Å². The summed E-state index contributed by atoms with van der Waals surface area (Å²) >= 11 is 0. The van der Waals surface area contributed by atoms with E-state index < -0.39 is 24.2 Å². The van der Waals surface area contributed by atoms with Crippen molar-refractivity contribution in [3.05, 3.63) is 78.7 Å². The molecule has 2 nitrogen and oxygen atoms in total. The van der Waals surface area contributed by atoms with Gasteiger partial charge in [0.15, 0.2) is 0 Å². The fraction of sp³-hybridized carbons (Fsp3) is 0.240. The van der Waals surface area contributed by atoms with Gasteiger partial charge in [0.2, 0.25) is 0 Å². The molecule has 0 unspecified atom stereocenters. The molecule has 0 spiro atoms. The number of hydrogen-bond donors (Lipinski definition) is 0. The van der Waals surface area contributed by atoms with Gasteiger partial charge >= 0.3 is 43.8 Å². The Balaban J connectivity index is 0.00000289. The zero-order valence-corrected chi connectivity index (χ0v) is 23.1. The number of ether oxygens (including phenoxy) is 2. The molecule has 0 saturated carbocycles. The topological polar surface area (TPSA) is 18.5 Å². The third-order valence-electron chi connectivity index (χ3n) is 4.67. The van der Waals surface area contributed by atoms with E-state index >= 15 is 0 Å². The summed E-state index contributed by atoms with van der Waals surface area (Å²) in [6.45, 7) is 5.17. The minimum absolute atomic E-state index is 0. The molecule has 0 heterocycles. The van der Waals surface area contributed by atoms with Crippen molar-refractivity contribution in [1.29, 1.82) is 0 Å². The molecule has 0 fully saturated rings. The van der Waals surface area contributed by atoms with Gasteiger partial charge in [0.1, 0.15) is 11.5 Å². The minimum atomic E-state index is -5.07. The van der Waals surface area contributed by atoms with Gasteiger partial charge in [0.05, 0.1) is 0 Å². The van der Waals surface area contributed by atoms with Crippen LogP contribution in [0.4, 0.5) is 26.3 Å². The van der Waals surface area contributed by atoms with E-state index in [1.165, 1.54) is 24.3 Å². The second-order valence-corrected chi connectivity index (χ2v) is 7.25. The van der Waals surface area contributed by atoms with Gasteiger partial charge in [-0.3, -0.25) is 0 Å². The van der Waals surface area contributed by atoms with Crippen LogP contribution in [0.5, 0.6) is 11.5 Å². The minimum Gasteiger partial charge on any atom is -0.415 e. The molecule has 3 aromatic carbocycles. The maximum absolute atomic E-state index is 13.4. The fourth-order valence-corrected chi connectivity index (χ4v) is 3.36. The molecule has 0 aliphatic heterocycles. The van der Waals surface area contributed by atoms with Crippen LogP contribution in [0.25, 0.3) is 22.3 Å². The standard InChI is InChI=1S/C24H19F6O2.CH3.U/c1-4-16-8-9-21(31-23(25,26)27)19(13-16)20-12-15(3)11-18(22(20)32-24(28,29)30)17-7-5-6-14(2)10-17;;/h5-6,8-13H,4H2,1-3H3;1H3;/q2*-1;+2. The summed E-state index contributed by atoms with van der Waals surface area (Å²) in [6.07, 6.45) is -9.64. The van der Waals surface area contributed by atoms with E-state index in [1.807, 2.05) is 0 Å². The van der Waals surface area contributed by atoms with Gasteiger partial charge in [-0.2, -0.15) is 0 Å². The van der Waals surface area contributed by atoms with Crippen LogP contribution in [-0.4, -0.2) is 12.7 Å². The van der Waals surface area contributed by atoms with Gasteiger partial charge < -0.3 is 16.9 Å². The SMILES string of the molecule is CCc1ccc(OC(F)(F)F)c(-c2cc(C)cc(-c3[c-]ccc(C)c3)c2OC(F)(F)F)c1.[CH3-].[U+2]. The van der Waals surface area contributed by atoms with Crippen molar-refractivity contribution >= 4 is 0 Å². The Morgan fingerprint density at radius 2 is 1.38 bits per heavy atom. The number of halogens is 6. The molecule has 0 saturated heterocycles. The van der Waals surface area contributed by atoms with Crippen molar-refractivity contribution in [3.8, 4) is 33.8 Å². The predicted molar refractivity (Wildman–Crippen MR) is 115 cm³/mol. The summed E-state index contributed by atoms with van der Waals surface area (Å²) in [5.41, 5.74) is 1.98. The molecule has 3 rings (SSSR count). The summed E-state index contributed by atoms with van der Waals surface area (Å²) in [7, 11) is 0. The third kappa shape index (κ3) is 7.71. The molecule has 34 heavy (non-hydrogen) atoms. The molecule has 0 bridgehead atoms. The third-order valence-corrected chi connectivity index (χ3v) is 4.67. The summed E-state index contributed by atoms with van der Waals surface area (Å²) in [4.78, 5) is 0. The summed E-state index contributed by atoms with van der Waals surface area (Å²) < 4.78 is 87.7. The van der Waals surface area contributed by atoms with Gasteiger partial charge in [0.25, 0.3) is 0 Å². The maximum Gasteiger partial charge on any atom is 2.00 e. The van der Waals surface area contributed by atoms with Crippen molar-refractivity contribution in [2.45, 2.75) is 39.9 Å². The molecule has 0 radical (unpaired) electrons. The van der Waals surface area contributed by atoms with Gasteiger partial charge in [-0.05, 0) is 37.1 Å². The van der Waals surface area contributed by atoms with Crippen molar-refractivity contribution in [2.24, 2.45) is 0 Å². The number of rotatable bonds is 5. The first kappa shape index (κ1) is 29.9. The summed E-state index contributed by atoms with van der Waals surface area (Å²) in [5, 5.41) is 0. The molecule has 0 atom stereocenters. The first-order valence-electron chi connectivity index (χ1n) is 9.64. The van der Waals surface area contributed by atoms with E-state index in [-0.39, 0.29) is 55.2 Å². The van der Waals surface area contributed by atoms with Gasteiger partial charge in [-0.15, -0.1) is 61.7 Å². The smallest absolute Gasteiger partial charge is 0.415 e. The van der Waals surface area contributed by atoms with Crippen LogP contribution in [0.2, 0.25) is 0 Å². The summed E-state index contributed by atoms with van der Waals surface area (Å²) in [5.74, 6) is -1.24. The van der Waals surface area contributed by atoms with Crippen LogP contribution in [0.15, 0.2) is 48.5 Å². The number of benzene rings is 3. The second kappa shape index (κ2) is 11.5. The largest absolute Gasteiger partial charge is 2.00 e. The second-order valence-electron chi connectivity index (χ2n) is 7.25. The van der Waals surface area contributed by atoms with Crippen LogP contribution in [-0.2, 0) is 6.42 Å². The average Bonchev–Trinajstić information content (AvgIpc) is 2.67. The van der Waals surface area contributed by atoms with E-state index in [4.69, 9.17) is 0 Å². The molecule has 0 aliphatic carbocycles. The average molecular weight is 706 g/mol. The van der Waals surface area contributed by atoms with Gasteiger partial charge in [0, 0.05) is 11.1 Å². The number of hydrogen-bond acceptors (Lipinski definition) is 2. The fourth-order valence-electron chi connectivity index (χ4n) is 3.36. The zero-order valence-electron chi connectivity index (χ0n) is 18.9. The molecule has 180 valence electrons. The van der Waals surface area contributed by atoms with Crippen LogP contribution >= 0.6 is 0 Å². The Morgan fingerprint density at radius 1 is 0.765 bits per heavy atom. The Hall–Kier alpha value is -2.11. The van der Waals surface area contributed by atoms with Gasteiger partial charge in [-0.1, -0.05) is 37.1 Å². The Kier molecular flexibility index (Phi) is 10.2. The number of aryl methyl sites for hydroxylation is 3. The Morgan fingerprint density at radius 3 is 1.94 bits per heavy atom. The Labute approximate surface area is 218 Å². The monoisotopic (exact) mass is 706 g/mol.